The molecule has 0 aromatic rings. The average molecular weight is 1070 g/mol. The first-order valence-electron chi connectivity index (χ1n) is 33.0. The molecule has 0 bridgehead atoms. The first-order valence-corrected chi connectivity index (χ1v) is 33.0. The highest BCUT2D eigenvalue weighted by atomic mass is 16.5. The van der Waals surface area contributed by atoms with Gasteiger partial charge in [-0.3, -0.25) is 14.7 Å². The summed E-state index contributed by atoms with van der Waals surface area (Å²) in [5.41, 5.74) is 0. The molecule has 1 aliphatic heterocycles. The third-order valence-corrected chi connectivity index (χ3v) is 15.4. The Morgan fingerprint density at radius 2 is 0.587 bits per heavy atom. The molecular formula is C68H151N5O2. The summed E-state index contributed by atoms with van der Waals surface area (Å²) < 4.78 is 6.11. The summed E-state index contributed by atoms with van der Waals surface area (Å²) in [6, 6.07) is 0. The van der Waals surface area contributed by atoms with Crippen molar-refractivity contribution in [2.75, 3.05) is 79.0 Å². The summed E-state index contributed by atoms with van der Waals surface area (Å²) in [5.74, 6) is 0. The second kappa shape index (κ2) is 73.7. The largest absolute Gasteiger partial charge is 0.365 e. The van der Waals surface area contributed by atoms with Gasteiger partial charge in [0, 0.05) is 19.6 Å². The van der Waals surface area contributed by atoms with Crippen molar-refractivity contribution < 1.29 is 9.94 Å². The number of unbranched alkanes of at least 4 members (excludes halogenated alkanes) is 42. The Labute approximate surface area is 478 Å². The van der Waals surface area contributed by atoms with Crippen LogP contribution >= 0.6 is 0 Å². The van der Waals surface area contributed by atoms with E-state index in [0.29, 0.717) is 13.4 Å². The fraction of sp³-hybridized carbons (Fsp3) is 1.00. The SMILES string of the molecule is C.C.C.C.CCCCCCCCCCCCN(CCCCCCCCCCCC)CN(CCCCCCCCC)CCOCN1CCN(O)C1.CCCCCCCCCCCCNCCCCCCCCCCCC. The second-order valence-corrected chi connectivity index (χ2v) is 22.8. The van der Waals surface area contributed by atoms with Crippen molar-refractivity contribution in [3.63, 3.8) is 0 Å². The van der Waals surface area contributed by atoms with Crippen LogP contribution < -0.4 is 5.32 Å². The lowest BCUT2D eigenvalue weighted by molar-refractivity contribution is -0.0913. The fourth-order valence-corrected chi connectivity index (χ4v) is 10.4. The number of nitrogens with one attached hydrogen (secondary N) is 1. The average Bonchev–Trinajstić information content (AvgIpc) is 3.80. The summed E-state index contributed by atoms with van der Waals surface area (Å²) in [6.07, 6.45) is 66.6. The lowest BCUT2D eigenvalue weighted by atomic mass is 10.1. The predicted molar refractivity (Wildman–Crippen MR) is 344 cm³/mol. The summed E-state index contributed by atoms with van der Waals surface area (Å²) in [7, 11) is 0. The standard InChI is InChI=1S/C40H84N4O2.C24H51N.4CH4/c1-4-7-10-13-16-18-20-23-26-28-31-41(32-29-27-24-21-19-17-14-11-8-5-2)38-42(33-30-25-22-15-12-9-6-3)36-37-46-40-43-34-35-44(45)39-43;1-3-5-7-9-11-13-15-17-19-21-23-25-24-22-20-18-16-14-12-10-8-6-4-2;;;;/h45H,4-40H2,1-3H3;25H,3-24H2,1-2H3;4*1H4. The minimum absolute atomic E-state index is 0. The summed E-state index contributed by atoms with van der Waals surface area (Å²) in [5, 5.41) is 14.7. The maximum Gasteiger partial charge on any atom is 0.100 e. The van der Waals surface area contributed by atoms with Crippen molar-refractivity contribution in [3.8, 4) is 0 Å². The number of hydroxylamine groups is 2. The van der Waals surface area contributed by atoms with Gasteiger partial charge in [0.15, 0.2) is 0 Å². The Balaban J connectivity index is -0.000000482. The quantitative estimate of drug-likeness (QED) is 0.0465. The van der Waals surface area contributed by atoms with Gasteiger partial charge in [-0.25, -0.2) is 0 Å². The molecule has 2 N–H and O–H groups in total. The van der Waals surface area contributed by atoms with Crippen LogP contribution in [0.3, 0.4) is 0 Å². The summed E-state index contributed by atoms with van der Waals surface area (Å²) in [6.45, 7) is 23.4. The maximum absolute atomic E-state index is 9.70. The second-order valence-electron chi connectivity index (χ2n) is 22.8. The molecule has 7 heteroatoms. The molecule has 0 atom stereocenters. The van der Waals surface area contributed by atoms with Crippen LogP contribution in [-0.2, 0) is 4.74 Å². The molecule has 1 heterocycles. The molecule has 75 heavy (non-hydrogen) atoms. The summed E-state index contributed by atoms with van der Waals surface area (Å²) in [4.78, 5) is 7.67. The van der Waals surface area contributed by atoms with E-state index < -0.39 is 0 Å². The number of nitrogens with zero attached hydrogens (tertiary/aromatic N) is 4. The Hall–Kier alpha value is -0.280. The van der Waals surface area contributed by atoms with Crippen molar-refractivity contribution in [1.29, 1.82) is 0 Å². The van der Waals surface area contributed by atoms with E-state index in [2.05, 4.69) is 54.6 Å². The highest BCUT2D eigenvalue weighted by Gasteiger charge is 2.18. The zero-order valence-corrected chi connectivity index (χ0v) is 49.9. The Morgan fingerprint density at radius 3 is 0.853 bits per heavy atom. The van der Waals surface area contributed by atoms with Gasteiger partial charge in [-0.1, -0.05) is 334 Å². The van der Waals surface area contributed by atoms with Gasteiger partial charge in [0.1, 0.15) is 6.73 Å². The van der Waals surface area contributed by atoms with Crippen molar-refractivity contribution in [2.45, 2.75) is 366 Å². The number of rotatable bonds is 59. The van der Waals surface area contributed by atoms with Gasteiger partial charge in [0.05, 0.1) is 19.9 Å². The van der Waals surface area contributed by atoms with Crippen LogP contribution in [0.15, 0.2) is 0 Å². The molecule has 0 aromatic heterocycles. The molecule has 0 amide bonds. The molecule has 0 saturated carbocycles. The number of hydrogen-bond donors (Lipinski definition) is 2. The van der Waals surface area contributed by atoms with Crippen molar-refractivity contribution in [3.05, 3.63) is 0 Å². The van der Waals surface area contributed by atoms with E-state index in [1.807, 2.05) is 0 Å². The van der Waals surface area contributed by atoms with Crippen LogP contribution in [0.25, 0.3) is 0 Å². The van der Waals surface area contributed by atoms with E-state index in [1.54, 1.807) is 0 Å². The van der Waals surface area contributed by atoms with Gasteiger partial charge in [0.2, 0.25) is 0 Å². The normalized spacial score (nSPS) is 12.6. The number of ether oxygens (including phenoxy) is 1. The van der Waals surface area contributed by atoms with Gasteiger partial charge in [-0.2, -0.15) is 5.06 Å². The molecule has 0 aliphatic carbocycles. The Morgan fingerprint density at radius 1 is 0.333 bits per heavy atom. The van der Waals surface area contributed by atoms with E-state index in [0.717, 1.165) is 32.9 Å². The molecule has 0 aromatic carbocycles. The van der Waals surface area contributed by atoms with E-state index >= 15 is 0 Å². The minimum Gasteiger partial charge on any atom is -0.365 e. The van der Waals surface area contributed by atoms with Crippen LogP contribution in [-0.4, -0.2) is 104 Å². The van der Waals surface area contributed by atoms with Crippen LogP contribution in [0.1, 0.15) is 366 Å². The molecule has 0 radical (unpaired) electrons. The van der Waals surface area contributed by atoms with Crippen molar-refractivity contribution in [1.82, 2.24) is 25.1 Å². The molecule has 0 spiro atoms. The third-order valence-electron chi connectivity index (χ3n) is 15.4. The Bertz CT molecular complexity index is 897. The fourth-order valence-electron chi connectivity index (χ4n) is 10.4. The molecule has 7 nitrogen and oxygen atoms in total. The van der Waals surface area contributed by atoms with E-state index in [1.165, 1.54) is 340 Å². The van der Waals surface area contributed by atoms with Crippen LogP contribution in [0.4, 0.5) is 0 Å². The monoisotopic (exact) mass is 1070 g/mol. The molecule has 0 unspecified atom stereocenters. The van der Waals surface area contributed by atoms with E-state index in [4.69, 9.17) is 4.74 Å². The lowest BCUT2D eigenvalue weighted by Crippen LogP contribution is -2.41. The number of hydrogen-bond acceptors (Lipinski definition) is 7. The van der Waals surface area contributed by atoms with Crippen LogP contribution in [0.2, 0.25) is 0 Å². The molecule has 460 valence electrons. The van der Waals surface area contributed by atoms with Gasteiger partial charge < -0.3 is 15.3 Å². The van der Waals surface area contributed by atoms with E-state index in [9.17, 15) is 5.21 Å². The van der Waals surface area contributed by atoms with Gasteiger partial charge in [-0.05, 0) is 64.8 Å². The zero-order chi connectivity index (χ0) is 51.4. The zero-order valence-electron chi connectivity index (χ0n) is 49.9. The topological polar surface area (TPSA) is 54.5 Å². The Kier molecular flexibility index (Phi) is 82.1. The van der Waals surface area contributed by atoms with Crippen LogP contribution in [0, 0.1) is 0 Å². The molecule has 1 saturated heterocycles. The molecular weight excluding hydrogens is 919 g/mol. The maximum atomic E-state index is 9.70. The lowest BCUT2D eigenvalue weighted by Gasteiger charge is -2.31. The molecule has 1 aliphatic rings. The first kappa shape index (κ1) is 83.5. The van der Waals surface area contributed by atoms with E-state index in [-0.39, 0.29) is 29.7 Å². The van der Waals surface area contributed by atoms with Crippen molar-refractivity contribution in [2.24, 2.45) is 0 Å². The molecule has 1 rings (SSSR count). The summed E-state index contributed by atoms with van der Waals surface area (Å²) >= 11 is 0. The third kappa shape index (κ3) is 67.9. The van der Waals surface area contributed by atoms with Crippen molar-refractivity contribution >= 4 is 0 Å². The predicted octanol–water partition coefficient (Wildman–Crippen LogP) is 22.0. The highest BCUT2D eigenvalue weighted by molar-refractivity contribution is 4.66. The van der Waals surface area contributed by atoms with Crippen LogP contribution in [0.5, 0.6) is 0 Å². The highest BCUT2D eigenvalue weighted by Crippen LogP contribution is 2.16. The van der Waals surface area contributed by atoms with Gasteiger partial charge in [-0.15, -0.1) is 0 Å². The molecule has 1 fully saturated rings. The van der Waals surface area contributed by atoms with Gasteiger partial charge >= 0.3 is 0 Å². The van der Waals surface area contributed by atoms with Gasteiger partial charge in [0.25, 0.3) is 0 Å². The minimum atomic E-state index is 0. The smallest absolute Gasteiger partial charge is 0.100 e. The first-order chi connectivity index (χ1) is 35.1.